The number of carbonyl (C=O) groups excluding carboxylic acids is 1. The molecule has 1 amide bonds. The van der Waals surface area contributed by atoms with Gasteiger partial charge < -0.3 is 53.1 Å². The minimum absolute atomic E-state index is 0.0186. The lowest BCUT2D eigenvalue weighted by atomic mass is 9.86. The van der Waals surface area contributed by atoms with Crippen LogP contribution in [0, 0.1) is 0 Å². The van der Waals surface area contributed by atoms with Gasteiger partial charge in [-0.25, -0.2) is 0 Å². The maximum Gasteiger partial charge on any atom is 0.217 e. The van der Waals surface area contributed by atoms with Crippen molar-refractivity contribution in [2.45, 2.75) is 120 Å². The summed E-state index contributed by atoms with van der Waals surface area (Å²) in [5.41, 5.74) is 5.74. The van der Waals surface area contributed by atoms with Crippen molar-refractivity contribution in [2.24, 2.45) is 0 Å². The van der Waals surface area contributed by atoms with E-state index in [1.54, 1.807) is 7.11 Å². The lowest BCUT2D eigenvalue weighted by Crippen LogP contribution is -2.68. The highest BCUT2D eigenvalue weighted by Gasteiger charge is 2.53. The van der Waals surface area contributed by atoms with E-state index in [1.807, 2.05) is 182 Å². The molecule has 0 spiro atoms. The molecule has 0 aliphatic carbocycles. The van der Waals surface area contributed by atoms with Gasteiger partial charge in [-0.15, -0.1) is 0 Å². The van der Waals surface area contributed by atoms with Gasteiger partial charge in [-0.3, -0.25) is 4.79 Å². The van der Waals surface area contributed by atoms with Crippen LogP contribution in [0.5, 0.6) is 0 Å². The van der Waals surface area contributed by atoms with Crippen molar-refractivity contribution in [1.82, 2.24) is 5.32 Å². The number of hydrogen-bond acceptors (Lipinski definition) is 11. The Morgan fingerprint density at radius 3 is 1.24 bits per heavy atom. The van der Waals surface area contributed by atoms with E-state index in [0.717, 1.165) is 33.4 Å². The Kier molecular flexibility index (Phi) is 19.3. The van der Waals surface area contributed by atoms with E-state index in [2.05, 4.69) is 5.32 Å². The van der Waals surface area contributed by atoms with Gasteiger partial charge in [0.2, 0.25) is 5.91 Å². The molecule has 2 saturated heterocycles. The van der Waals surface area contributed by atoms with Gasteiger partial charge in [0.05, 0.1) is 64.5 Å². The molecular weight excluding hydrogens is 887 g/mol. The molecule has 0 bridgehead atoms. The molecule has 0 radical (unpaired) electrons. The van der Waals surface area contributed by atoms with E-state index in [-0.39, 0.29) is 52.0 Å². The Morgan fingerprint density at radius 2 is 0.843 bits per heavy atom. The van der Waals surface area contributed by atoms with Gasteiger partial charge >= 0.3 is 0 Å². The van der Waals surface area contributed by atoms with E-state index < -0.39 is 67.3 Å². The average Bonchev–Trinajstić information content (AvgIpc) is 3.40. The van der Waals surface area contributed by atoms with Crippen LogP contribution in [0.4, 0.5) is 0 Å². The van der Waals surface area contributed by atoms with Gasteiger partial charge in [0.25, 0.3) is 0 Å². The molecule has 11 atom stereocenters. The second-order valence-corrected chi connectivity index (χ2v) is 17.8. The van der Waals surface area contributed by atoms with Gasteiger partial charge in [0.15, 0.2) is 6.29 Å². The summed E-state index contributed by atoms with van der Waals surface area (Å²) in [4.78, 5) is 13.3. The highest BCUT2D eigenvalue weighted by molar-refractivity contribution is 5.73. The van der Waals surface area contributed by atoms with Crippen molar-refractivity contribution < 1.29 is 52.5 Å². The summed E-state index contributed by atoms with van der Waals surface area (Å²) in [6.45, 7) is 3.03. The third-order valence-corrected chi connectivity index (χ3v) is 12.6. The summed E-state index contributed by atoms with van der Waals surface area (Å²) in [7, 11) is 1.57. The van der Waals surface area contributed by atoms with E-state index >= 15 is 0 Å². The number of nitrogens with one attached hydrogen (secondary N) is 1. The number of aliphatic hydroxyl groups excluding tert-OH is 1. The summed E-state index contributed by atoms with van der Waals surface area (Å²) in [5.74, 6) is -0.329. The zero-order valence-electron chi connectivity index (χ0n) is 39.9. The molecule has 2 fully saturated rings. The molecule has 6 aromatic rings. The summed E-state index contributed by atoms with van der Waals surface area (Å²) in [6, 6.07) is 58.3. The molecule has 2 N–H and O–H groups in total. The van der Waals surface area contributed by atoms with Gasteiger partial charge in [0.1, 0.15) is 42.7 Å². The van der Waals surface area contributed by atoms with Gasteiger partial charge in [0, 0.05) is 20.5 Å². The number of hydrogen-bond donors (Lipinski definition) is 2. The fourth-order valence-corrected chi connectivity index (χ4v) is 9.13. The minimum Gasteiger partial charge on any atom is -0.390 e. The fourth-order valence-electron chi connectivity index (χ4n) is 9.13. The van der Waals surface area contributed by atoms with Crippen LogP contribution in [0.3, 0.4) is 0 Å². The number of methoxy groups -OCH3 is 1. The van der Waals surface area contributed by atoms with Crippen LogP contribution in [-0.4, -0.2) is 92.0 Å². The first-order chi connectivity index (χ1) is 34.4. The number of benzene rings is 6. The zero-order valence-corrected chi connectivity index (χ0v) is 39.9. The smallest absolute Gasteiger partial charge is 0.217 e. The molecular formula is C58H65NO11. The highest BCUT2D eigenvalue weighted by atomic mass is 16.7. The van der Waals surface area contributed by atoms with Crippen LogP contribution in [-0.2, 0) is 87.1 Å². The molecule has 12 nitrogen and oxygen atoms in total. The van der Waals surface area contributed by atoms with Crippen LogP contribution in [0.25, 0.3) is 0 Å². The lowest BCUT2D eigenvalue weighted by Gasteiger charge is -2.49. The van der Waals surface area contributed by atoms with Gasteiger partial charge in [-0.1, -0.05) is 182 Å². The van der Waals surface area contributed by atoms with Crippen LogP contribution in [0.15, 0.2) is 182 Å². The monoisotopic (exact) mass is 951 g/mol. The molecule has 2 aliphatic heterocycles. The average molecular weight is 952 g/mol. The predicted molar refractivity (Wildman–Crippen MR) is 264 cm³/mol. The van der Waals surface area contributed by atoms with Gasteiger partial charge in [-0.05, 0) is 33.4 Å². The third-order valence-electron chi connectivity index (χ3n) is 12.6. The quantitative estimate of drug-likeness (QED) is 0.0606. The largest absolute Gasteiger partial charge is 0.390 e. The topological polar surface area (TPSA) is 132 Å². The van der Waals surface area contributed by atoms with Crippen molar-refractivity contribution >= 4 is 5.91 Å². The third kappa shape index (κ3) is 14.5. The van der Waals surface area contributed by atoms with Crippen LogP contribution in [0.1, 0.15) is 46.7 Å². The first-order valence-electron chi connectivity index (χ1n) is 24.1. The van der Waals surface area contributed by atoms with Crippen molar-refractivity contribution in [1.29, 1.82) is 0 Å². The number of rotatable bonds is 24. The summed E-state index contributed by atoms with van der Waals surface area (Å²) in [5, 5.41) is 16.0. The number of carbonyl (C=O) groups is 1. The van der Waals surface area contributed by atoms with E-state index in [9.17, 15) is 9.90 Å². The molecule has 6 aromatic carbocycles. The molecule has 70 heavy (non-hydrogen) atoms. The summed E-state index contributed by atoms with van der Waals surface area (Å²) < 4.78 is 60.4. The SMILES string of the molecule is CO[C@H]1O[C@H](CC(O)[C@H]2O[C@H](COCc3ccccc3)[C@@H](OCc3ccccc3)[C@H](OCc3ccccc3)[C@H]2NC(C)=O)[C@@H](OCc2ccccc2)[C@H](OCc2ccccc2)[C@H]1OCc1ccccc1. The Bertz CT molecular complexity index is 2390. The van der Waals surface area contributed by atoms with Gasteiger partial charge in [-0.2, -0.15) is 0 Å². The summed E-state index contributed by atoms with van der Waals surface area (Å²) >= 11 is 0. The number of amides is 1. The van der Waals surface area contributed by atoms with Crippen molar-refractivity contribution in [2.75, 3.05) is 13.7 Å². The Balaban J connectivity index is 1.13. The maximum absolute atomic E-state index is 13.3. The fraction of sp³-hybridized carbons (Fsp3) is 0.362. The van der Waals surface area contributed by atoms with Crippen LogP contribution in [0.2, 0.25) is 0 Å². The molecule has 2 heterocycles. The molecule has 12 heteroatoms. The number of aliphatic hydroxyl groups is 1. The molecule has 8 rings (SSSR count). The second-order valence-electron chi connectivity index (χ2n) is 17.8. The number of ether oxygens (including phenoxy) is 9. The Morgan fingerprint density at radius 1 is 0.486 bits per heavy atom. The Labute approximate surface area is 411 Å². The van der Waals surface area contributed by atoms with Crippen molar-refractivity contribution in [3.63, 3.8) is 0 Å². The van der Waals surface area contributed by atoms with Crippen molar-refractivity contribution in [3.8, 4) is 0 Å². The molecule has 1 unspecified atom stereocenters. The predicted octanol–water partition coefficient (Wildman–Crippen LogP) is 8.52. The maximum atomic E-state index is 13.3. The van der Waals surface area contributed by atoms with E-state index in [4.69, 9.17) is 42.6 Å². The molecule has 0 saturated carbocycles. The van der Waals surface area contributed by atoms with Crippen LogP contribution < -0.4 is 5.32 Å². The Hall–Kier alpha value is -5.61. The summed E-state index contributed by atoms with van der Waals surface area (Å²) in [6.07, 6.45) is -8.66. The second kappa shape index (κ2) is 26.6. The molecule has 2 aliphatic rings. The standard InChI is InChI=1S/C58H65NO11/c1-41(60)59-51-52(69-50(40-63-34-42-21-9-3-10-22-42)54(65-36-44-25-13-5-14-26-44)55(51)66-37-45-27-15-6-16-28-45)48(61)33-49-53(64-35-43-23-11-4-12-24-43)56(67-38-46-29-17-7-18-30-46)57(58(62-2)70-49)68-39-47-31-19-8-20-32-47/h3-32,48-58,61H,33-40H2,1-2H3,(H,59,60)/t48?,49-,50-,51+,52-,53-,54-,55-,56+,57-,58+/m1/s1. The first kappa shape index (κ1) is 50.8. The normalized spacial score (nSPS) is 25.0. The highest BCUT2D eigenvalue weighted by Crippen LogP contribution is 2.36. The lowest BCUT2D eigenvalue weighted by molar-refractivity contribution is -0.323. The zero-order chi connectivity index (χ0) is 48.3. The molecule has 368 valence electrons. The molecule has 0 aromatic heterocycles. The minimum atomic E-state index is -1.27. The van der Waals surface area contributed by atoms with E-state index in [1.165, 1.54) is 6.92 Å². The van der Waals surface area contributed by atoms with Crippen molar-refractivity contribution in [3.05, 3.63) is 215 Å². The van der Waals surface area contributed by atoms with Crippen LogP contribution >= 0.6 is 0 Å². The first-order valence-corrected chi connectivity index (χ1v) is 24.1. The van der Waals surface area contributed by atoms with E-state index in [0.29, 0.717) is 6.61 Å².